The zero-order chi connectivity index (χ0) is 10.5. The van der Waals surface area contributed by atoms with E-state index in [-0.39, 0.29) is 0 Å². The molecule has 2 aliphatic carbocycles. The van der Waals surface area contributed by atoms with Crippen molar-refractivity contribution in [3.8, 4) is 0 Å². The van der Waals surface area contributed by atoms with E-state index in [0.717, 1.165) is 24.4 Å². The van der Waals surface area contributed by atoms with Gasteiger partial charge in [-0.15, -0.1) is 11.6 Å². The van der Waals surface area contributed by atoms with Crippen molar-refractivity contribution in [2.75, 3.05) is 19.0 Å². The van der Waals surface area contributed by atoms with Crippen molar-refractivity contribution in [1.29, 1.82) is 0 Å². The van der Waals surface area contributed by atoms with Crippen LogP contribution < -0.4 is 0 Å². The fourth-order valence-corrected chi connectivity index (χ4v) is 3.00. The number of rotatable bonds is 6. The van der Waals surface area contributed by atoms with Gasteiger partial charge in [0.15, 0.2) is 0 Å². The minimum Gasteiger partial charge on any atom is -0.299 e. The third kappa shape index (κ3) is 3.96. The fraction of sp³-hybridized carbons (Fsp3) is 1.00. The van der Waals surface area contributed by atoms with E-state index in [0.29, 0.717) is 0 Å². The maximum Gasteiger partial charge on any atom is 0.0351 e. The van der Waals surface area contributed by atoms with Gasteiger partial charge >= 0.3 is 0 Å². The molecule has 0 amide bonds. The van der Waals surface area contributed by atoms with E-state index in [1.54, 1.807) is 0 Å². The summed E-state index contributed by atoms with van der Waals surface area (Å²) in [5.41, 5.74) is 0. The molecular weight excluding hydrogens is 206 g/mol. The SMILES string of the molecule is ClCCN(CCC1CC1)C1CCCCC1. The highest BCUT2D eigenvalue weighted by atomic mass is 35.5. The van der Waals surface area contributed by atoms with Crippen LogP contribution in [0.3, 0.4) is 0 Å². The summed E-state index contributed by atoms with van der Waals surface area (Å²) in [5.74, 6) is 1.87. The van der Waals surface area contributed by atoms with Crippen molar-refractivity contribution in [1.82, 2.24) is 4.90 Å². The lowest BCUT2D eigenvalue weighted by molar-refractivity contribution is 0.160. The van der Waals surface area contributed by atoms with Crippen molar-refractivity contribution in [2.45, 2.75) is 57.4 Å². The molecule has 1 nitrogen and oxygen atoms in total. The molecular formula is C13H24ClN. The summed E-state index contributed by atoms with van der Waals surface area (Å²) in [4.78, 5) is 2.67. The van der Waals surface area contributed by atoms with E-state index in [4.69, 9.17) is 11.6 Å². The van der Waals surface area contributed by atoms with E-state index < -0.39 is 0 Å². The second-order valence-electron chi connectivity index (χ2n) is 5.25. The van der Waals surface area contributed by atoms with Crippen LogP contribution in [0.25, 0.3) is 0 Å². The largest absolute Gasteiger partial charge is 0.299 e. The molecule has 0 spiro atoms. The zero-order valence-electron chi connectivity index (χ0n) is 9.76. The first-order valence-corrected chi connectivity index (χ1v) is 7.23. The highest BCUT2D eigenvalue weighted by Crippen LogP contribution is 2.33. The van der Waals surface area contributed by atoms with Gasteiger partial charge in [-0.05, 0) is 31.7 Å². The Balaban J connectivity index is 1.74. The predicted molar refractivity (Wildman–Crippen MR) is 66.5 cm³/mol. The van der Waals surface area contributed by atoms with E-state index in [2.05, 4.69) is 4.90 Å². The molecule has 2 rings (SSSR count). The first-order valence-electron chi connectivity index (χ1n) is 6.70. The van der Waals surface area contributed by atoms with Crippen LogP contribution in [0, 0.1) is 5.92 Å². The van der Waals surface area contributed by atoms with Gasteiger partial charge in [-0.3, -0.25) is 4.90 Å². The smallest absolute Gasteiger partial charge is 0.0351 e. The summed E-state index contributed by atoms with van der Waals surface area (Å²) in [6.07, 6.45) is 11.6. The Bertz CT molecular complexity index is 173. The Kier molecular flexibility index (Phi) is 4.77. The van der Waals surface area contributed by atoms with Gasteiger partial charge in [0.25, 0.3) is 0 Å². The summed E-state index contributed by atoms with van der Waals surface area (Å²) in [5, 5.41) is 0. The number of hydrogen-bond acceptors (Lipinski definition) is 1. The normalized spacial score (nSPS) is 23.6. The second kappa shape index (κ2) is 6.10. The minimum atomic E-state index is 0.807. The molecule has 15 heavy (non-hydrogen) atoms. The zero-order valence-corrected chi connectivity index (χ0v) is 10.5. The van der Waals surface area contributed by atoms with Gasteiger partial charge in [0, 0.05) is 18.5 Å². The van der Waals surface area contributed by atoms with Crippen LogP contribution in [0.2, 0.25) is 0 Å². The summed E-state index contributed by atoms with van der Waals surface area (Å²) >= 11 is 5.90. The maximum absolute atomic E-state index is 5.90. The first-order chi connectivity index (χ1) is 7.40. The molecule has 0 aromatic carbocycles. The van der Waals surface area contributed by atoms with E-state index >= 15 is 0 Å². The van der Waals surface area contributed by atoms with E-state index in [9.17, 15) is 0 Å². The molecule has 0 unspecified atom stereocenters. The van der Waals surface area contributed by atoms with Crippen molar-refractivity contribution in [3.63, 3.8) is 0 Å². The van der Waals surface area contributed by atoms with Gasteiger partial charge in [0.1, 0.15) is 0 Å². The van der Waals surface area contributed by atoms with Gasteiger partial charge < -0.3 is 0 Å². The molecule has 88 valence electrons. The third-order valence-electron chi connectivity index (χ3n) is 3.98. The molecule has 0 radical (unpaired) electrons. The van der Waals surface area contributed by atoms with Crippen molar-refractivity contribution in [3.05, 3.63) is 0 Å². The molecule has 0 atom stereocenters. The van der Waals surface area contributed by atoms with Crippen molar-refractivity contribution in [2.24, 2.45) is 5.92 Å². The van der Waals surface area contributed by atoms with Crippen molar-refractivity contribution >= 4 is 11.6 Å². The van der Waals surface area contributed by atoms with E-state index in [1.807, 2.05) is 0 Å². The van der Waals surface area contributed by atoms with E-state index in [1.165, 1.54) is 57.9 Å². The van der Waals surface area contributed by atoms with Gasteiger partial charge in [-0.25, -0.2) is 0 Å². The Hall–Kier alpha value is 0.250. The topological polar surface area (TPSA) is 3.24 Å². The lowest BCUT2D eigenvalue weighted by Crippen LogP contribution is -2.38. The molecule has 0 saturated heterocycles. The Morgan fingerprint density at radius 1 is 0.933 bits per heavy atom. The second-order valence-corrected chi connectivity index (χ2v) is 5.63. The van der Waals surface area contributed by atoms with Crippen LogP contribution in [0.1, 0.15) is 51.4 Å². The first kappa shape index (κ1) is 11.7. The van der Waals surface area contributed by atoms with Crippen LogP contribution in [0.15, 0.2) is 0 Å². The maximum atomic E-state index is 5.90. The predicted octanol–water partition coefficient (Wildman–Crippen LogP) is 3.66. The highest BCUT2D eigenvalue weighted by molar-refractivity contribution is 6.18. The average Bonchev–Trinajstić information content (AvgIpc) is 3.09. The molecule has 0 N–H and O–H groups in total. The lowest BCUT2D eigenvalue weighted by atomic mass is 9.94. The Morgan fingerprint density at radius 3 is 2.27 bits per heavy atom. The Labute approximate surface area is 99.2 Å². The molecule has 0 aliphatic heterocycles. The number of hydrogen-bond donors (Lipinski definition) is 0. The lowest BCUT2D eigenvalue weighted by Gasteiger charge is -2.34. The van der Waals surface area contributed by atoms with Gasteiger partial charge in [0.2, 0.25) is 0 Å². The standard InChI is InChI=1S/C13H24ClN/c14-9-11-15(10-8-12-6-7-12)13-4-2-1-3-5-13/h12-13H,1-11H2. The van der Waals surface area contributed by atoms with Crippen LogP contribution in [-0.4, -0.2) is 29.9 Å². The number of halogens is 1. The number of nitrogens with zero attached hydrogens (tertiary/aromatic N) is 1. The summed E-state index contributed by atoms with van der Waals surface area (Å²) in [6, 6.07) is 0.858. The number of alkyl halides is 1. The van der Waals surface area contributed by atoms with Gasteiger partial charge in [-0.1, -0.05) is 32.1 Å². The minimum absolute atomic E-state index is 0.807. The quantitative estimate of drug-likeness (QED) is 0.629. The highest BCUT2D eigenvalue weighted by Gasteiger charge is 2.25. The molecule has 0 aromatic heterocycles. The molecule has 0 bridgehead atoms. The fourth-order valence-electron chi connectivity index (χ4n) is 2.79. The molecule has 2 fully saturated rings. The molecule has 0 aromatic rings. The Morgan fingerprint density at radius 2 is 1.67 bits per heavy atom. The van der Waals surface area contributed by atoms with Gasteiger partial charge in [0.05, 0.1) is 0 Å². The van der Waals surface area contributed by atoms with Crippen LogP contribution in [0.5, 0.6) is 0 Å². The molecule has 2 aliphatic rings. The molecule has 2 saturated carbocycles. The molecule has 0 heterocycles. The monoisotopic (exact) mass is 229 g/mol. The van der Waals surface area contributed by atoms with Crippen LogP contribution in [0.4, 0.5) is 0 Å². The van der Waals surface area contributed by atoms with Gasteiger partial charge in [-0.2, -0.15) is 0 Å². The molecule has 2 heteroatoms. The van der Waals surface area contributed by atoms with Crippen LogP contribution >= 0.6 is 11.6 Å². The van der Waals surface area contributed by atoms with Crippen molar-refractivity contribution < 1.29 is 0 Å². The summed E-state index contributed by atoms with van der Waals surface area (Å²) in [7, 11) is 0. The third-order valence-corrected chi connectivity index (χ3v) is 4.15. The van der Waals surface area contributed by atoms with Crippen LogP contribution in [-0.2, 0) is 0 Å². The summed E-state index contributed by atoms with van der Waals surface area (Å²) in [6.45, 7) is 2.42. The average molecular weight is 230 g/mol. The summed E-state index contributed by atoms with van der Waals surface area (Å²) < 4.78 is 0.